The van der Waals surface area contributed by atoms with Crippen LogP contribution in [-0.4, -0.2) is 22.1 Å². The van der Waals surface area contributed by atoms with Crippen molar-refractivity contribution in [3.05, 3.63) is 0 Å². The van der Waals surface area contributed by atoms with Gasteiger partial charge in [-0.3, -0.25) is 0 Å². The molecule has 0 aliphatic rings. The molecule has 14 heavy (non-hydrogen) atoms. The summed E-state index contributed by atoms with van der Waals surface area (Å²) in [4.78, 5) is 3.74. The van der Waals surface area contributed by atoms with Crippen molar-refractivity contribution >= 4 is 22.6 Å². The molecule has 0 aliphatic carbocycles. The molecule has 0 unspecified atom stereocenters. The third-order valence-corrected chi connectivity index (χ3v) is 2.04. The predicted molar refractivity (Wildman–Crippen MR) is 48.1 cm³/mol. The van der Waals surface area contributed by atoms with Crippen LogP contribution < -0.4 is 11.1 Å². The Balaban J connectivity index is 2.16. The molecule has 0 bridgehead atoms. The Morgan fingerprint density at radius 1 is 1.43 bits per heavy atom. The molecular formula is C6H9F3N4S. The van der Waals surface area contributed by atoms with E-state index in [9.17, 15) is 13.2 Å². The largest absolute Gasteiger partial charge is 0.389 e. The first-order valence-corrected chi connectivity index (χ1v) is 4.64. The third-order valence-electron chi connectivity index (χ3n) is 1.35. The number of alkyl halides is 3. The summed E-state index contributed by atoms with van der Waals surface area (Å²) in [7, 11) is 0. The third kappa shape index (κ3) is 4.26. The van der Waals surface area contributed by atoms with Gasteiger partial charge in [0.2, 0.25) is 11.1 Å². The van der Waals surface area contributed by atoms with Gasteiger partial charge in [0, 0.05) is 24.5 Å². The highest BCUT2D eigenvalue weighted by atomic mass is 32.1. The molecule has 1 aromatic heterocycles. The number of anilines is 2. The van der Waals surface area contributed by atoms with E-state index < -0.39 is 12.6 Å². The Hall–Kier alpha value is -1.05. The van der Waals surface area contributed by atoms with Crippen molar-refractivity contribution in [3.8, 4) is 0 Å². The van der Waals surface area contributed by atoms with E-state index in [1.165, 1.54) is 0 Å². The first kappa shape index (κ1) is 11.0. The molecule has 1 rings (SSSR count). The van der Waals surface area contributed by atoms with Crippen LogP contribution in [0.25, 0.3) is 0 Å². The van der Waals surface area contributed by atoms with Gasteiger partial charge >= 0.3 is 6.18 Å². The molecule has 0 atom stereocenters. The minimum absolute atomic E-state index is 0.0168. The molecule has 1 aromatic rings. The molecule has 80 valence electrons. The normalized spacial score (nSPS) is 11.6. The fourth-order valence-electron chi connectivity index (χ4n) is 0.791. The Morgan fingerprint density at radius 2 is 2.14 bits per heavy atom. The zero-order valence-corrected chi connectivity index (χ0v) is 7.95. The molecule has 3 N–H and O–H groups in total. The number of aromatic nitrogens is 2. The molecule has 0 fully saturated rings. The lowest BCUT2D eigenvalue weighted by molar-refractivity contribution is -0.134. The number of nitrogen functional groups attached to an aromatic ring is 1. The van der Waals surface area contributed by atoms with Gasteiger partial charge in [0.05, 0.1) is 0 Å². The number of hydrogen-bond donors (Lipinski definition) is 2. The Labute approximate surface area is 82.5 Å². The predicted octanol–water partition coefficient (Wildman–Crippen LogP) is 1.87. The van der Waals surface area contributed by atoms with E-state index in [1.54, 1.807) is 0 Å². The molecule has 0 saturated carbocycles. The number of nitrogens with one attached hydrogen (secondary N) is 1. The first-order valence-electron chi connectivity index (χ1n) is 3.87. The van der Waals surface area contributed by atoms with Gasteiger partial charge in [0.15, 0.2) is 0 Å². The summed E-state index contributed by atoms with van der Waals surface area (Å²) in [5.74, 6) is 0.133. The molecule has 0 aliphatic heterocycles. The second-order valence-electron chi connectivity index (χ2n) is 2.60. The molecule has 8 heteroatoms. The lowest BCUT2D eigenvalue weighted by atomic mass is 10.3. The molecule has 0 aromatic carbocycles. The van der Waals surface area contributed by atoms with Gasteiger partial charge in [-0.1, -0.05) is 0 Å². The monoisotopic (exact) mass is 226 g/mol. The lowest BCUT2D eigenvalue weighted by Gasteiger charge is -2.05. The fraction of sp³-hybridized carbons (Fsp3) is 0.667. The van der Waals surface area contributed by atoms with Crippen molar-refractivity contribution < 1.29 is 13.2 Å². The summed E-state index contributed by atoms with van der Waals surface area (Å²) in [5, 5.41) is 3.15. The summed E-state index contributed by atoms with van der Waals surface area (Å²) >= 11 is 1.03. The summed E-state index contributed by atoms with van der Waals surface area (Å²) in [6.45, 7) is 0.216. The minimum atomic E-state index is -4.10. The molecule has 0 spiro atoms. The fourth-order valence-corrected chi connectivity index (χ4v) is 1.31. The highest BCUT2D eigenvalue weighted by Gasteiger charge is 2.25. The zero-order valence-electron chi connectivity index (χ0n) is 7.14. The summed E-state index contributed by atoms with van der Waals surface area (Å²) in [6.07, 6.45) is -4.88. The zero-order chi connectivity index (χ0) is 10.6. The van der Waals surface area contributed by atoms with E-state index in [1.807, 2.05) is 0 Å². The maximum atomic E-state index is 11.7. The number of nitrogens with zero attached hydrogens (tertiary/aromatic N) is 2. The number of hydrogen-bond acceptors (Lipinski definition) is 5. The van der Waals surface area contributed by atoms with Crippen LogP contribution in [0, 0.1) is 0 Å². The van der Waals surface area contributed by atoms with Crippen LogP contribution in [0.1, 0.15) is 12.8 Å². The lowest BCUT2D eigenvalue weighted by Crippen LogP contribution is -2.10. The van der Waals surface area contributed by atoms with Crippen LogP contribution >= 0.6 is 11.5 Å². The standard InChI is InChI=1S/C6H9F3N4S/c7-6(8,9)2-1-3-11-5-12-4(10)13-14-5/h1-3H2,(H3,10,11,12,13). The van der Waals surface area contributed by atoms with E-state index in [4.69, 9.17) is 5.73 Å². The number of rotatable bonds is 4. The van der Waals surface area contributed by atoms with Gasteiger partial charge in [-0.25, -0.2) is 0 Å². The van der Waals surface area contributed by atoms with Crippen LogP contribution in [0.3, 0.4) is 0 Å². The van der Waals surface area contributed by atoms with E-state index in [2.05, 4.69) is 14.7 Å². The van der Waals surface area contributed by atoms with Crippen LogP contribution in [0.5, 0.6) is 0 Å². The maximum Gasteiger partial charge on any atom is 0.389 e. The van der Waals surface area contributed by atoms with Crippen LogP contribution in [-0.2, 0) is 0 Å². The highest BCUT2D eigenvalue weighted by Crippen LogP contribution is 2.21. The topological polar surface area (TPSA) is 63.8 Å². The van der Waals surface area contributed by atoms with Crippen LogP contribution in [0.4, 0.5) is 24.3 Å². The van der Waals surface area contributed by atoms with E-state index in [-0.39, 0.29) is 18.9 Å². The number of nitrogens with two attached hydrogens (primary N) is 1. The quantitative estimate of drug-likeness (QED) is 0.769. The average molecular weight is 226 g/mol. The van der Waals surface area contributed by atoms with Crippen molar-refractivity contribution in [2.24, 2.45) is 0 Å². The van der Waals surface area contributed by atoms with Crippen LogP contribution in [0.2, 0.25) is 0 Å². The van der Waals surface area contributed by atoms with Crippen molar-refractivity contribution in [1.82, 2.24) is 9.36 Å². The minimum Gasteiger partial charge on any atom is -0.367 e. The maximum absolute atomic E-state index is 11.7. The number of halogens is 3. The Bertz CT molecular complexity index is 285. The molecule has 0 saturated heterocycles. The smallest absolute Gasteiger partial charge is 0.367 e. The highest BCUT2D eigenvalue weighted by molar-refractivity contribution is 7.09. The Kier molecular flexibility index (Phi) is 3.50. The molecule has 0 radical (unpaired) electrons. The molecule has 4 nitrogen and oxygen atoms in total. The van der Waals surface area contributed by atoms with Gasteiger partial charge < -0.3 is 11.1 Å². The van der Waals surface area contributed by atoms with E-state index in [0.29, 0.717) is 5.13 Å². The average Bonchev–Trinajstić information content (AvgIpc) is 2.44. The van der Waals surface area contributed by atoms with Crippen molar-refractivity contribution in [2.75, 3.05) is 17.6 Å². The second kappa shape index (κ2) is 4.45. The summed E-state index contributed by atoms with van der Waals surface area (Å²) in [5.41, 5.74) is 5.22. The second-order valence-corrected chi connectivity index (χ2v) is 3.36. The summed E-state index contributed by atoms with van der Waals surface area (Å²) in [6, 6.07) is 0. The van der Waals surface area contributed by atoms with E-state index >= 15 is 0 Å². The van der Waals surface area contributed by atoms with Crippen molar-refractivity contribution in [2.45, 2.75) is 19.0 Å². The molecule has 1 heterocycles. The van der Waals surface area contributed by atoms with Crippen molar-refractivity contribution in [3.63, 3.8) is 0 Å². The van der Waals surface area contributed by atoms with Gasteiger partial charge in [-0.05, 0) is 6.42 Å². The van der Waals surface area contributed by atoms with Gasteiger partial charge in [-0.15, -0.1) is 0 Å². The van der Waals surface area contributed by atoms with E-state index in [0.717, 1.165) is 11.5 Å². The molecular weight excluding hydrogens is 217 g/mol. The molecule has 0 amide bonds. The SMILES string of the molecule is Nc1nsc(NCCCC(F)(F)F)n1. The Morgan fingerprint density at radius 3 is 2.64 bits per heavy atom. The van der Waals surface area contributed by atoms with Gasteiger partial charge in [0.1, 0.15) is 0 Å². The van der Waals surface area contributed by atoms with Crippen LogP contribution in [0.15, 0.2) is 0 Å². The van der Waals surface area contributed by atoms with Crippen molar-refractivity contribution in [1.29, 1.82) is 0 Å². The first-order chi connectivity index (χ1) is 6.47. The van der Waals surface area contributed by atoms with Gasteiger partial charge in [-0.2, -0.15) is 22.5 Å². The summed E-state index contributed by atoms with van der Waals surface area (Å²) < 4.78 is 38.8. The van der Waals surface area contributed by atoms with Gasteiger partial charge in [0.25, 0.3) is 0 Å².